The van der Waals surface area contributed by atoms with Crippen LogP contribution in [-0.2, 0) is 0 Å². The predicted octanol–water partition coefficient (Wildman–Crippen LogP) is 3.50. The van der Waals surface area contributed by atoms with Crippen molar-refractivity contribution >= 4 is 73.0 Å². The molecule has 0 aliphatic rings. The molecule has 2 rings (SSSR count). The van der Waals surface area contributed by atoms with Gasteiger partial charge in [-0.25, -0.2) is 0 Å². The van der Waals surface area contributed by atoms with E-state index in [1.807, 2.05) is 0 Å². The zero-order valence-corrected chi connectivity index (χ0v) is 13.6. The van der Waals surface area contributed by atoms with Crippen LogP contribution in [-0.4, -0.2) is 29.0 Å². The maximum absolute atomic E-state index is 3.52. The first-order valence-electron chi connectivity index (χ1n) is 3.93. The van der Waals surface area contributed by atoms with Crippen LogP contribution >= 0.6 is 31.9 Å². The van der Waals surface area contributed by atoms with Gasteiger partial charge in [0, 0.05) is 0 Å². The Morgan fingerprint density at radius 2 is 1.21 bits per heavy atom. The minimum absolute atomic E-state index is 0.493. The van der Waals surface area contributed by atoms with Gasteiger partial charge in [0.25, 0.3) is 0 Å². The van der Waals surface area contributed by atoms with Crippen LogP contribution in [0.1, 0.15) is 8.87 Å². The first kappa shape index (κ1) is 11.2. The summed E-state index contributed by atoms with van der Waals surface area (Å²) in [5.41, 5.74) is 0. The molecule has 0 aromatic carbocycles. The van der Waals surface area contributed by atoms with Gasteiger partial charge in [0.2, 0.25) is 0 Å². The van der Waals surface area contributed by atoms with Crippen LogP contribution in [0.15, 0.2) is 31.0 Å². The minimum atomic E-state index is 0.493. The molecule has 0 saturated heterocycles. The molecule has 0 atom stereocenters. The molecule has 0 aliphatic heterocycles. The maximum atomic E-state index is 3.52. The van der Waals surface area contributed by atoms with Crippen LogP contribution in [0.4, 0.5) is 0 Å². The average Bonchev–Trinajstić information content (AvgIpc) is 2.72. The molecule has 0 spiro atoms. The van der Waals surface area contributed by atoms with Crippen molar-refractivity contribution in [3.05, 3.63) is 39.8 Å². The van der Waals surface area contributed by atoms with Gasteiger partial charge in [-0.1, -0.05) is 0 Å². The summed E-state index contributed by atoms with van der Waals surface area (Å²) in [5, 5.41) is 0. The van der Waals surface area contributed by atoms with Crippen molar-refractivity contribution in [1.82, 2.24) is 0 Å². The molecule has 0 amide bonds. The Labute approximate surface area is 112 Å². The van der Waals surface area contributed by atoms with Crippen molar-refractivity contribution in [2.24, 2.45) is 0 Å². The van der Waals surface area contributed by atoms with E-state index in [4.69, 9.17) is 0 Å². The second-order valence-corrected chi connectivity index (χ2v) is 11.4. The Morgan fingerprint density at radius 1 is 0.786 bits per heavy atom. The van der Waals surface area contributed by atoms with Crippen LogP contribution in [0, 0.1) is 0 Å². The number of halogens is 2. The number of hydrogen-bond acceptors (Lipinski definition) is 0. The van der Waals surface area contributed by atoms with E-state index in [1.54, 1.807) is 0 Å². The third-order valence-electron chi connectivity index (χ3n) is 1.60. The van der Waals surface area contributed by atoms with Gasteiger partial charge >= 0.3 is 113 Å². The summed E-state index contributed by atoms with van der Waals surface area (Å²) in [7, 11) is 0. The third kappa shape index (κ3) is 3.09. The molecule has 0 unspecified atom stereocenters. The number of hydrogen-bond donors (Lipinski definition) is 0. The van der Waals surface area contributed by atoms with Crippen LogP contribution < -0.4 is 0 Å². The van der Waals surface area contributed by atoms with E-state index in [0.717, 1.165) is 0 Å². The van der Waals surface area contributed by atoms with E-state index in [1.165, 1.54) is 15.6 Å². The Bertz CT molecular complexity index is 412. The number of rotatable bonds is 2. The van der Waals surface area contributed by atoms with Crippen LogP contribution in [0.5, 0.6) is 0 Å². The average molecular weight is 444 g/mol. The summed E-state index contributed by atoms with van der Waals surface area (Å²) in [6.07, 6.45) is 4.47. The molecule has 0 nitrogen and oxygen atoms in total. The molecule has 0 aliphatic carbocycles. The van der Waals surface area contributed by atoms with E-state index in [9.17, 15) is 0 Å². The molecule has 72 valence electrons. The summed E-state index contributed by atoms with van der Waals surface area (Å²) in [6, 6.07) is 8.65. The van der Waals surface area contributed by atoms with Gasteiger partial charge in [-0.15, -0.1) is 0 Å². The Hall–Kier alpha value is 0.699. The molecule has 0 bridgehead atoms. The predicted molar refractivity (Wildman–Crippen MR) is 71.1 cm³/mol. The van der Waals surface area contributed by atoms with Crippen molar-refractivity contribution in [1.29, 1.82) is 0 Å². The SMILES string of the molecule is Brc1ccc(/C=C/c2ccc(Br)[se]2)[se]1. The van der Waals surface area contributed by atoms with Gasteiger partial charge in [-0.2, -0.15) is 0 Å². The van der Waals surface area contributed by atoms with Crippen molar-refractivity contribution in [2.45, 2.75) is 0 Å². The monoisotopic (exact) mass is 444 g/mol. The Kier molecular flexibility index (Phi) is 4.12. The van der Waals surface area contributed by atoms with Crippen molar-refractivity contribution in [3.63, 3.8) is 0 Å². The van der Waals surface area contributed by atoms with Gasteiger partial charge in [-0.05, 0) is 0 Å². The van der Waals surface area contributed by atoms with E-state index < -0.39 is 0 Å². The van der Waals surface area contributed by atoms with Crippen molar-refractivity contribution in [3.8, 4) is 0 Å². The normalized spacial score (nSPS) is 11.3. The van der Waals surface area contributed by atoms with Crippen molar-refractivity contribution in [2.75, 3.05) is 0 Å². The molecular formula is C10H6Br2Se2. The van der Waals surface area contributed by atoms with Gasteiger partial charge in [0.1, 0.15) is 0 Å². The fourth-order valence-corrected chi connectivity index (χ4v) is 5.86. The molecule has 0 radical (unpaired) electrons. The zero-order valence-electron chi connectivity index (χ0n) is 7.04. The quantitative estimate of drug-likeness (QED) is 0.623. The van der Waals surface area contributed by atoms with E-state index in [0.29, 0.717) is 29.0 Å². The molecule has 2 heterocycles. The fraction of sp³-hybridized carbons (Fsp3) is 0. The molecule has 2 aromatic rings. The van der Waals surface area contributed by atoms with E-state index in [2.05, 4.69) is 68.3 Å². The van der Waals surface area contributed by atoms with E-state index >= 15 is 0 Å². The Balaban J connectivity index is 2.14. The Morgan fingerprint density at radius 3 is 1.50 bits per heavy atom. The molecule has 0 saturated carbocycles. The van der Waals surface area contributed by atoms with Crippen LogP contribution in [0.3, 0.4) is 0 Å². The second-order valence-electron chi connectivity index (χ2n) is 2.62. The first-order valence-corrected chi connectivity index (χ1v) is 8.94. The zero-order chi connectivity index (χ0) is 9.97. The molecular weight excluding hydrogens is 438 g/mol. The summed E-state index contributed by atoms with van der Waals surface area (Å²) in [6.45, 7) is 0. The van der Waals surface area contributed by atoms with Gasteiger partial charge in [0.05, 0.1) is 0 Å². The standard InChI is InChI=1S/C10H6Br2Se2/c11-9-5-3-7(13-9)1-2-8-4-6-10(12)14-8/h1-6H/b2-1+. The van der Waals surface area contributed by atoms with Gasteiger partial charge < -0.3 is 0 Å². The van der Waals surface area contributed by atoms with Crippen LogP contribution in [0.2, 0.25) is 0 Å². The summed E-state index contributed by atoms with van der Waals surface area (Å²) < 4.78 is 5.53. The molecule has 4 heteroatoms. The molecule has 14 heavy (non-hydrogen) atoms. The molecule has 2 aromatic heterocycles. The summed E-state index contributed by atoms with van der Waals surface area (Å²) in [5.74, 6) is 0. The summed E-state index contributed by atoms with van der Waals surface area (Å²) in [4.78, 5) is 0. The van der Waals surface area contributed by atoms with Crippen LogP contribution in [0.25, 0.3) is 12.2 Å². The first-order chi connectivity index (χ1) is 6.74. The summed E-state index contributed by atoms with van der Waals surface area (Å²) >= 11 is 8.02. The topological polar surface area (TPSA) is 0 Å². The fourth-order valence-electron chi connectivity index (χ4n) is 1.000. The van der Waals surface area contributed by atoms with E-state index in [-0.39, 0.29) is 0 Å². The van der Waals surface area contributed by atoms with Gasteiger partial charge in [0.15, 0.2) is 0 Å². The van der Waals surface area contributed by atoms with Crippen molar-refractivity contribution < 1.29 is 0 Å². The molecule has 0 N–H and O–H groups in total. The third-order valence-corrected chi connectivity index (χ3v) is 7.33. The molecule has 0 fully saturated rings. The second kappa shape index (κ2) is 5.16. The van der Waals surface area contributed by atoms with Gasteiger partial charge in [-0.3, -0.25) is 0 Å².